The van der Waals surface area contributed by atoms with Crippen LogP contribution >= 0.6 is 11.6 Å². The second-order valence-electron chi connectivity index (χ2n) is 4.90. The van der Waals surface area contributed by atoms with Crippen molar-refractivity contribution in [2.24, 2.45) is 5.73 Å². The van der Waals surface area contributed by atoms with Crippen LogP contribution in [0.4, 0.5) is 13.2 Å². The lowest BCUT2D eigenvalue weighted by atomic mass is 10.1. The zero-order chi connectivity index (χ0) is 15.8. The lowest BCUT2D eigenvalue weighted by Crippen LogP contribution is -2.45. The zero-order valence-electron chi connectivity index (χ0n) is 10.9. The second kappa shape index (κ2) is 5.75. The van der Waals surface area contributed by atoms with Crippen LogP contribution in [0.1, 0.15) is 18.4 Å². The SMILES string of the molecule is NC1CCCN(S(=O)(=O)c2ccc(Cl)c(C(F)(F)F)c2)C1. The van der Waals surface area contributed by atoms with Gasteiger partial charge in [0, 0.05) is 19.1 Å². The summed E-state index contributed by atoms with van der Waals surface area (Å²) in [6, 6.07) is 2.29. The molecule has 1 aliphatic rings. The van der Waals surface area contributed by atoms with E-state index in [9.17, 15) is 21.6 Å². The molecule has 1 aromatic carbocycles. The van der Waals surface area contributed by atoms with Gasteiger partial charge < -0.3 is 5.73 Å². The Balaban J connectivity index is 2.41. The summed E-state index contributed by atoms with van der Waals surface area (Å²) in [7, 11) is -4.00. The third-order valence-corrected chi connectivity index (χ3v) is 5.49. The van der Waals surface area contributed by atoms with E-state index in [-0.39, 0.29) is 19.1 Å². The molecule has 1 aliphatic heterocycles. The summed E-state index contributed by atoms with van der Waals surface area (Å²) < 4.78 is 64.3. The van der Waals surface area contributed by atoms with Gasteiger partial charge in [-0.2, -0.15) is 17.5 Å². The predicted molar refractivity (Wildman–Crippen MR) is 72.4 cm³/mol. The van der Waals surface area contributed by atoms with E-state index in [1.54, 1.807) is 0 Å². The summed E-state index contributed by atoms with van der Waals surface area (Å²) in [5.74, 6) is 0. The number of sulfonamides is 1. The van der Waals surface area contributed by atoms with Crippen LogP contribution in [0.5, 0.6) is 0 Å². The molecule has 1 saturated heterocycles. The van der Waals surface area contributed by atoms with Crippen LogP contribution in [-0.4, -0.2) is 31.9 Å². The van der Waals surface area contributed by atoms with Crippen molar-refractivity contribution in [3.8, 4) is 0 Å². The molecule has 0 spiro atoms. The van der Waals surface area contributed by atoms with E-state index in [2.05, 4.69) is 0 Å². The lowest BCUT2D eigenvalue weighted by Gasteiger charge is -2.30. The van der Waals surface area contributed by atoms with Crippen molar-refractivity contribution in [3.05, 3.63) is 28.8 Å². The van der Waals surface area contributed by atoms with Gasteiger partial charge in [-0.1, -0.05) is 11.6 Å². The molecular formula is C12H14ClF3N2O2S. The van der Waals surface area contributed by atoms with Crippen LogP contribution in [0.2, 0.25) is 5.02 Å². The van der Waals surface area contributed by atoms with E-state index in [4.69, 9.17) is 17.3 Å². The van der Waals surface area contributed by atoms with Crippen molar-refractivity contribution < 1.29 is 21.6 Å². The largest absolute Gasteiger partial charge is 0.417 e. The van der Waals surface area contributed by atoms with Gasteiger partial charge in [0.25, 0.3) is 0 Å². The Morgan fingerprint density at radius 2 is 2.00 bits per heavy atom. The molecule has 21 heavy (non-hydrogen) atoms. The summed E-state index contributed by atoms with van der Waals surface area (Å²) in [6.45, 7) is 0.353. The number of piperidine rings is 1. The molecule has 0 aliphatic carbocycles. The number of nitrogens with two attached hydrogens (primary N) is 1. The van der Waals surface area contributed by atoms with Gasteiger partial charge in [-0.05, 0) is 31.0 Å². The highest BCUT2D eigenvalue weighted by Crippen LogP contribution is 2.36. The molecule has 1 atom stereocenters. The molecule has 1 fully saturated rings. The first-order valence-corrected chi connectivity index (χ1v) is 8.06. The molecule has 0 bridgehead atoms. The highest BCUT2D eigenvalue weighted by molar-refractivity contribution is 7.89. The maximum absolute atomic E-state index is 12.8. The monoisotopic (exact) mass is 342 g/mol. The minimum Gasteiger partial charge on any atom is -0.327 e. The topological polar surface area (TPSA) is 63.4 Å². The van der Waals surface area contributed by atoms with E-state index in [1.807, 2.05) is 0 Å². The molecule has 1 unspecified atom stereocenters. The quantitative estimate of drug-likeness (QED) is 0.898. The van der Waals surface area contributed by atoms with Crippen molar-refractivity contribution in [1.29, 1.82) is 0 Å². The number of nitrogens with zero attached hydrogens (tertiary/aromatic N) is 1. The Bertz CT molecular complexity index is 634. The van der Waals surface area contributed by atoms with E-state index >= 15 is 0 Å². The normalized spacial score (nSPS) is 21.5. The third kappa shape index (κ3) is 3.50. The van der Waals surface area contributed by atoms with Crippen molar-refractivity contribution in [2.75, 3.05) is 13.1 Å². The summed E-state index contributed by atoms with van der Waals surface area (Å²) >= 11 is 5.49. The fourth-order valence-corrected chi connectivity index (χ4v) is 4.01. The molecule has 118 valence electrons. The summed E-state index contributed by atoms with van der Waals surface area (Å²) in [4.78, 5) is -0.423. The average molecular weight is 343 g/mol. The Hall–Kier alpha value is -0.830. The fraction of sp³-hybridized carbons (Fsp3) is 0.500. The molecular weight excluding hydrogens is 329 g/mol. The van der Waals surface area contributed by atoms with Crippen LogP contribution in [0.3, 0.4) is 0 Å². The van der Waals surface area contributed by atoms with Crippen molar-refractivity contribution in [1.82, 2.24) is 4.31 Å². The standard InChI is InChI=1S/C12H14ClF3N2O2S/c13-11-4-3-9(6-10(11)12(14,15)16)21(19,20)18-5-1-2-8(17)7-18/h3-4,6,8H,1-2,5,7,17H2. The Kier molecular flexibility index (Phi) is 4.53. The maximum atomic E-state index is 12.8. The van der Waals surface area contributed by atoms with Gasteiger partial charge in [0.15, 0.2) is 0 Å². The number of alkyl halides is 3. The van der Waals surface area contributed by atoms with Crippen molar-refractivity contribution in [2.45, 2.75) is 30.0 Å². The van der Waals surface area contributed by atoms with Crippen LogP contribution in [0.15, 0.2) is 23.1 Å². The molecule has 1 aromatic rings. The third-order valence-electron chi connectivity index (χ3n) is 3.30. The first-order valence-electron chi connectivity index (χ1n) is 6.25. The summed E-state index contributed by atoms with van der Waals surface area (Å²) in [5.41, 5.74) is 4.56. The van der Waals surface area contributed by atoms with Crippen molar-refractivity contribution in [3.63, 3.8) is 0 Å². The molecule has 0 radical (unpaired) electrons. The van der Waals surface area contributed by atoms with E-state index in [1.165, 1.54) is 0 Å². The average Bonchev–Trinajstić information content (AvgIpc) is 2.37. The van der Waals surface area contributed by atoms with Crippen LogP contribution in [-0.2, 0) is 16.2 Å². The summed E-state index contributed by atoms with van der Waals surface area (Å²) in [6.07, 6.45) is -3.43. The summed E-state index contributed by atoms with van der Waals surface area (Å²) in [5, 5.41) is -0.531. The number of benzene rings is 1. The Morgan fingerprint density at radius 1 is 1.33 bits per heavy atom. The molecule has 2 N–H and O–H groups in total. The second-order valence-corrected chi connectivity index (χ2v) is 7.25. The van der Waals surface area contributed by atoms with Crippen LogP contribution in [0.25, 0.3) is 0 Å². The van der Waals surface area contributed by atoms with Gasteiger partial charge in [0.05, 0.1) is 15.5 Å². The van der Waals surface area contributed by atoms with E-state index in [0.717, 1.165) is 16.4 Å². The van der Waals surface area contributed by atoms with Gasteiger partial charge in [-0.15, -0.1) is 0 Å². The minimum absolute atomic E-state index is 0.103. The smallest absolute Gasteiger partial charge is 0.327 e. The molecule has 0 aromatic heterocycles. The van der Waals surface area contributed by atoms with Gasteiger partial charge in [-0.25, -0.2) is 8.42 Å². The Morgan fingerprint density at radius 3 is 2.57 bits per heavy atom. The highest BCUT2D eigenvalue weighted by Gasteiger charge is 2.36. The van der Waals surface area contributed by atoms with Crippen molar-refractivity contribution >= 4 is 21.6 Å². The van der Waals surface area contributed by atoms with Crippen LogP contribution in [0, 0.1) is 0 Å². The molecule has 2 rings (SSSR count). The highest BCUT2D eigenvalue weighted by atomic mass is 35.5. The van der Waals surface area contributed by atoms with Crippen LogP contribution < -0.4 is 5.73 Å². The van der Waals surface area contributed by atoms with E-state index in [0.29, 0.717) is 18.9 Å². The van der Waals surface area contributed by atoms with Gasteiger partial charge >= 0.3 is 6.18 Å². The fourth-order valence-electron chi connectivity index (χ4n) is 2.22. The minimum atomic E-state index is -4.71. The number of rotatable bonds is 2. The molecule has 0 amide bonds. The van der Waals surface area contributed by atoms with Gasteiger partial charge in [0.1, 0.15) is 0 Å². The molecule has 1 heterocycles. The number of hydrogen-bond acceptors (Lipinski definition) is 3. The lowest BCUT2D eigenvalue weighted by molar-refractivity contribution is -0.137. The van der Waals surface area contributed by atoms with Gasteiger partial charge in [-0.3, -0.25) is 0 Å². The first-order chi connectivity index (χ1) is 9.62. The predicted octanol–water partition coefficient (Wildman–Crippen LogP) is 2.47. The molecule has 0 saturated carbocycles. The first kappa shape index (κ1) is 16.5. The van der Waals surface area contributed by atoms with Gasteiger partial charge in [0.2, 0.25) is 10.0 Å². The zero-order valence-corrected chi connectivity index (χ0v) is 12.5. The number of hydrogen-bond donors (Lipinski definition) is 1. The van der Waals surface area contributed by atoms with E-state index < -0.39 is 31.7 Å². The molecule has 4 nitrogen and oxygen atoms in total. The number of halogens is 4. The Labute approximate surface area is 125 Å². The molecule has 9 heteroatoms. The maximum Gasteiger partial charge on any atom is 0.417 e.